The molecular weight excluding hydrogens is 473 g/mol. The summed E-state index contributed by atoms with van der Waals surface area (Å²) in [6.45, 7) is 9.71. The molecule has 2 amide bonds. The van der Waals surface area contributed by atoms with Gasteiger partial charge in [-0.3, -0.25) is 9.59 Å². The van der Waals surface area contributed by atoms with Gasteiger partial charge in [-0.2, -0.15) is 0 Å². The summed E-state index contributed by atoms with van der Waals surface area (Å²) in [5.41, 5.74) is 0.469. The number of hydrogen-bond acceptors (Lipinski definition) is 5. The first-order valence-corrected chi connectivity index (χ1v) is 12.3. The van der Waals surface area contributed by atoms with E-state index in [0.29, 0.717) is 36.2 Å². The molecule has 1 aromatic heterocycles. The van der Waals surface area contributed by atoms with Crippen LogP contribution in [-0.4, -0.2) is 75.6 Å². The normalized spacial score (nSPS) is 15.3. The van der Waals surface area contributed by atoms with Crippen molar-refractivity contribution in [1.29, 1.82) is 0 Å². The highest BCUT2D eigenvalue weighted by Gasteiger charge is 2.37. The molecule has 0 aliphatic carbocycles. The number of hydrogen-bond donors (Lipinski definition) is 2. The molecule has 35 heavy (non-hydrogen) atoms. The van der Waals surface area contributed by atoms with Crippen molar-refractivity contribution in [3.05, 3.63) is 40.4 Å². The van der Waals surface area contributed by atoms with E-state index in [-0.39, 0.29) is 30.3 Å². The van der Waals surface area contributed by atoms with Gasteiger partial charge in [0.1, 0.15) is 17.7 Å². The van der Waals surface area contributed by atoms with E-state index in [0.717, 1.165) is 13.0 Å². The van der Waals surface area contributed by atoms with Crippen LogP contribution < -0.4 is 5.32 Å². The highest BCUT2D eigenvalue weighted by atomic mass is 35.5. The van der Waals surface area contributed by atoms with Crippen molar-refractivity contribution in [3.63, 3.8) is 0 Å². The molecule has 1 aliphatic heterocycles. The second-order valence-electron chi connectivity index (χ2n) is 10.0. The number of likely N-dealkylation sites (N-methyl/N-ethyl adjacent to an activating group) is 1. The third-order valence-electron chi connectivity index (χ3n) is 6.25. The molecule has 192 valence electrons. The molecule has 2 aromatic rings. The summed E-state index contributed by atoms with van der Waals surface area (Å²) in [4.78, 5) is 35.1. The first kappa shape index (κ1) is 27.1. The lowest BCUT2D eigenvalue weighted by Crippen LogP contribution is -2.55. The van der Waals surface area contributed by atoms with Crippen LogP contribution in [0.15, 0.2) is 18.2 Å². The Morgan fingerprint density at radius 2 is 2.03 bits per heavy atom. The van der Waals surface area contributed by atoms with E-state index in [1.807, 2.05) is 39.3 Å². The number of fused-ring (bicyclic) bond motifs is 1. The second kappa shape index (κ2) is 11.1. The maximum absolute atomic E-state index is 14.8. The number of benzene rings is 1. The SMILES string of the molecule is CCN(CCO)C(=O)[C@@H](NC(=O)c1nc(-c2cc(Cl)ccc2F)n2c1CN(C)CCC2)C(C)(C)C. The zero-order chi connectivity index (χ0) is 25.9. The molecule has 0 saturated carbocycles. The van der Waals surface area contributed by atoms with Gasteiger partial charge in [-0.05, 0) is 50.6 Å². The molecule has 0 saturated heterocycles. The Bertz CT molecular complexity index is 1080. The van der Waals surface area contributed by atoms with Crippen LogP contribution in [0.3, 0.4) is 0 Å². The Kier molecular flexibility index (Phi) is 8.56. The van der Waals surface area contributed by atoms with Crippen molar-refractivity contribution in [2.75, 3.05) is 33.3 Å². The number of rotatable bonds is 7. The van der Waals surface area contributed by atoms with Gasteiger partial charge in [-0.15, -0.1) is 0 Å². The van der Waals surface area contributed by atoms with Crippen molar-refractivity contribution in [2.24, 2.45) is 5.41 Å². The average molecular weight is 508 g/mol. The molecule has 0 radical (unpaired) electrons. The van der Waals surface area contributed by atoms with E-state index >= 15 is 0 Å². The fraction of sp³-hybridized carbons (Fsp3) is 0.560. The van der Waals surface area contributed by atoms with Gasteiger partial charge in [-0.1, -0.05) is 32.4 Å². The highest BCUT2D eigenvalue weighted by Crippen LogP contribution is 2.30. The van der Waals surface area contributed by atoms with E-state index in [1.54, 1.807) is 0 Å². The van der Waals surface area contributed by atoms with Crippen LogP contribution in [0.25, 0.3) is 11.4 Å². The van der Waals surface area contributed by atoms with Crippen LogP contribution >= 0.6 is 11.6 Å². The number of nitrogens with one attached hydrogen (secondary N) is 1. The van der Waals surface area contributed by atoms with Crippen LogP contribution in [0.2, 0.25) is 5.02 Å². The minimum absolute atomic E-state index is 0.167. The Labute approximate surface area is 211 Å². The van der Waals surface area contributed by atoms with Gasteiger partial charge >= 0.3 is 0 Å². The standard InChI is InChI=1S/C25H35ClFN5O3/c1-6-31(12-13-33)24(35)21(25(2,3)4)29-23(34)20-19-15-30(5)10-7-11-32(19)22(28-20)17-14-16(26)8-9-18(17)27/h8-9,14,21,33H,6-7,10-13,15H2,1-5H3,(H,29,34)/t21-/m1/s1. The molecule has 0 unspecified atom stereocenters. The average Bonchev–Trinajstić information content (AvgIpc) is 3.02. The van der Waals surface area contributed by atoms with Crippen molar-refractivity contribution in [2.45, 2.75) is 53.2 Å². The highest BCUT2D eigenvalue weighted by molar-refractivity contribution is 6.30. The number of aliphatic hydroxyl groups is 1. The second-order valence-corrected chi connectivity index (χ2v) is 10.4. The first-order valence-electron chi connectivity index (χ1n) is 11.9. The number of aromatic nitrogens is 2. The van der Waals surface area contributed by atoms with E-state index in [1.165, 1.54) is 23.1 Å². The molecule has 10 heteroatoms. The predicted molar refractivity (Wildman–Crippen MR) is 134 cm³/mol. The summed E-state index contributed by atoms with van der Waals surface area (Å²) in [5.74, 6) is -0.899. The molecule has 0 spiro atoms. The Morgan fingerprint density at radius 3 is 2.66 bits per heavy atom. The third-order valence-corrected chi connectivity index (χ3v) is 6.48. The van der Waals surface area contributed by atoms with Gasteiger partial charge in [-0.25, -0.2) is 9.37 Å². The summed E-state index contributed by atoms with van der Waals surface area (Å²) in [6.07, 6.45) is 0.811. The monoisotopic (exact) mass is 507 g/mol. The number of imidazole rings is 1. The summed E-state index contributed by atoms with van der Waals surface area (Å²) in [7, 11) is 1.96. The molecule has 8 nitrogen and oxygen atoms in total. The van der Waals surface area contributed by atoms with Crippen LogP contribution in [0.1, 0.15) is 50.3 Å². The molecular formula is C25H35ClFN5O3. The van der Waals surface area contributed by atoms with Crippen molar-refractivity contribution in [1.82, 2.24) is 24.7 Å². The van der Waals surface area contributed by atoms with Gasteiger partial charge in [0.05, 0.1) is 17.9 Å². The lowest BCUT2D eigenvalue weighted by Gasteiger charge is -2.34. The molecule has 3 rings (SSSR count). The quantitative estimate of drug-likeness (QED) is 0.600. The fourth-order valence-corrected chi connectivity index (χ4v) is 4.52. The topological polar surface area (TPSA) is 90.7 Å². The van der Waals surface area contributed by atoms with Crippen LogP contribution in [0, 0.1) is 11.2 Å². The van der Waals surface area contributed by atoms with Crippen LogP contribution in [0.4, 0.5) is 4.39 Å². The van der Waals surface area contributed by atoms with Crippen LogP contribution in [0.5, 0.6) is 0 Å². The maximum Gasteiger partial charge on any atom is 0.272 e. The van der Waals surface area contributed by atoms with Crippen molar-refractivity contribution in [3.8, 4) is 11.4 Å². The van der Waals surface area contributed by atoms with Gasteiger partial charge < -0.3 is 24.8 Å². The number of carbonyl (C=O) groups is 2. The fourth-order valence-electron chi connectivity index (χ4n) is 4.35. The molecule has 0 fully saturated rings. The lowest BCUT2D eigenvalue weighted by atomic mass is 9.85. The van der Waals surface area contributed by atoms with Gasteiger partial charge in [0.2, 0.25) is 5.91 Å². The Balaban J connectivity index is 2.06. The zero-order valence-electron chi connectivity index (χ0n) is 21.1. The predicted octanol–water partition coefficient (Wildman–Crippen LogP) is 3.16. The minimum Gasteiger partial charge on any atom is -0.395 e. The zero-order valence-corrected chi connectivity index (χ0v) is 21.8. The molecule has 0 bridgehead atoms. The van der Waals surface area contributed by atoms with E-state index < -0.39 is 23.2 Å². The van der Waals surface area contributed by atoms with Gasteiger partial charge in [0, 0.05) is 31.2 Å². The van der Waals surface area contributed by atoms with Gasteiger partial charge in [0.25, 0.3) is 5.91 Å². The number of amides is 2. The van der Waals surface area contributed by atoms with Crippen molar-refractivity contribution < 1.29 is 19.1 Å². The van der Waals surface area contributed by atoms with Crippen LogP contribution in [-0.2, 0) is 17.9 Å². The summed E-state index contributed by atoms with van der Waals surface area (Å²) >= 11 is 6.15. The third kappa shape index (κ3) is 6.02. The number of nitrogens with zero attached hydrogens (tertiary/aromatic N) is 4. The summed E-state index contributed by atoms with van der Waals surface area (Å²) in [6, 6.07) is 3.43. The number of carbonyl (C=O) groups excluding carboxylic acids is 2. The first-order chi connectivity index (χ1) is 16.5. The molecule has 1 aromatic carbocycles. The van der Waals surface area contributed by atoms with E-state index in [2.05, 4.69) is 15.2 Å². The maximum atomic E-state index is 14.8. The number of halogens is 2. The number of aliphatic hydroxyl groups excluding tert-OH is 1. The Hall–Kier alpha value is -2.49. The minimum atomic E-state index is -0.839. The smallest absolute Gasteiger partial charge is 0.272 e. The van der Waals surface area contributed by atoms with E-state index in [9.17, 15) is 19.1 Å². The van der Waals surface area contributed by atoms with E-state index in [4.69, 9.17) is 11.6 Å². The van der Waals surface area contributed by atoms with Crippen molar-refractivity contribution >= 4 is 23.4 Å². The lowest BCUT2D eigenvalue weighted by molar-refractivity contribution is -0.136. The molecule has 2 heterocycles. The summed E-state index contributed by atoms with van der Waals surface area (Å²) in [5, 5.41) is 12.6. The summed E-state index contributed by atoms with van der Waals surface area (Å²) < 4.78 is 16.7. The molecule has 1 atom stereocenters. The Morgan fingerprint density at radius 1 is 1.31 bits per heavy atom. The molecule has 2 N–H and O–H groups in total. The molecule has 1 aliphatic rings. The van der Waals surface area contributed by atoms with Gasteiger partial charge in [0.15, 0.2) is 5.69 Å². The largest absolute Gasteiger partial charge is 0.395 e.